The van der Waals surface area contributed by atoms with Crippen LogP contribution < -0.4 is 5.32 Å². The van der Waals surface area contributed by atoms with Gasteiger partial charge in [0.05, 0.1) is 27.1 Å². The lowest BCUT2D eigenvalue weighted by Crippen LogP contribution is -2.26. The van der Waals surface area contributed by atoms with Crippen molar-refractivity contribution in [1.29, 1.82) is 0 Å². The van der Waals surface area contributed by atoms with E-state index in [1.807, 2.05) is 0 Å². The first-order valence-electron chi connectivity index (χ1n) is 7.03. The van der Waals surface area contributed by atoms with Crippen molar-refractivity contribution in [3.63, 3.8) is 0 Å². The van der Waals surface area contributed by atoms with Crippen molar-refractivity contribution in [2.45, 2.75) is 19.3 Å². The smallest absolute Gasteiger partial charge is 0.307 e. The number of benzene rings is 1. The summed E-state index contributed by atoms with van der Waals surface area (Å²) < 4.78 is 8.94. The summed E-state index contributed by atoms with van der Waals surface area (Å²) in [7, 11) is 2.54. The minimum Gasteiger partial charge on any atom is -0.469 e. The Bertz CT molecular complexity index is 579. The van der Waals surface area contributed by atoms with Crippen LogP contribution in [0.3, 0.4) is 0 Å². The molecule has 1 N–H and O–H groups in total. The molecule has 0 atom stereocenters. The molecule has 1 rings (SSSR count). The van der Waals surface area contributed by atoms with Gasteiger partial charge in [-0.1, -0.05) is 12.1 Å². The zero-order chi connectivity index (χ0) is 17.2. The SMILES string of the molecule is COC(=O)CCNC(=O)c1ccc(C(=O)CCC(=O)OC)cc1. The second-order valence-corrected chi connectivity index (χ2v) is 4.66. The van der Waals surface area contributed by atoms with E-state index in [-0.39, 0.29) is 37.5 Å². The van der Waals surface area contributed by atoms with E-state index in [1.54, 1.807) is 0 Å². The van der Waals surface area contributed by atoms with Gasteiger partial charge in [0.25, 0.3) is 5.91 Å². The predicted molar refractivity (Wildman–Crippen MR) is 81.0 cm³/mol. The van der Waals surface area contributed by atoms with Crippen molar-refractivity contribution in [3.05, 3.63) is 35.4 Å². The molecular formula is C16H19NO6. The molecule has 0 saturated carbocycles. The number of ether oxygens (including phenoxy) is 2. The molecule has 0 spiro atoms. The first kappa shape index (κ1) is 18.3. The highest BCUT2D eigenvalue weighted by Gasteiger charge is 2.11. The minimum absolute atomic E-state index is 0.0189. The summed E-state index contributed by atoms with van der Waals surface area (Å²) in [4.78, 5) is 45.6. The fourth-order valence-electron chi connectivity index (χ4n) is 1.75. The summed E-state index contributed by atoms with van der Waals surface area (Å²) in [6, 6.07) is 6.07. The maximum absolute atomic E-state index is 11.9. The summed E-state index contributed by atoms with van der Waals surface area (Å²) in [5.74, 6) is -1.40. The van der Waals surface area contributed by atoms with Crippen molar-refractivity contribution in [3.8, 4) is 0 Å². The lowest BCUT2D eigenvalue weighted by Gasteiger charge is -2.05. The Morgan fingerprint density at radius 2 is 1.35 bits per heavy atom. The van der Waals surface area contributed by atoms with Gasteiger partial charge in [0.1, 0.15) is 0 Å². The van der Waals surface area contributed by atoms with Gasteiger partial charge >= 0.3 is 11.9 Å². The highest BCUT2D eigenvalue weighted by atomic mass is 16.5. The number of methoxy groups -OCH3 is 2. The molecule has 0 aliphatic rings. The van der Waals surface area contributed by atoms with E-state index >= 15 is 0 Å². The Morgan fingerprint density at radius 3 is 1.91 bits per heavy atom. The number of rotatable bonds is 8. The number of nitrogens with one attached hydrogen (secondary N) is 1. The van der Waals surface area contributed by atoms with Crippen LogP contribution in [0.2, 0.25) is 0 Å². The number of amides is 1. The van der Waals surface area contributed by atoms with E-state index < -0.39 is 11.9 Å². The lowest BCUT2D eigenvalue weighted by molar-refractivity contribution is -0.141. The normalized spacial score (nSPS) is 9.83. The molecule has 124 valence electrons. The molecular weight excluding hydrogens is 302 g/mol. The third kappa shape index (κ3) is 6.29. The second-order valence-electron chi connectivity index (χ2n) is 4.66. The number of hydrogen-bond donors (Lipinski definition) is 1. The van der Waals surface area contributed by atoms with Crippen LogP contribution in [0, 0.1) is 0 Å². The Balaban J connectivity index is 2.52. The van der Waals surface area contributed by atoms with E-state index in [9.17, 15) is 19.2 Å². The van der Waals surface area contributed by atoms with Crippen molar-refractivity contribution in [2.75, 3.05) is 20.8 Å². The van der Waals surface area contributed by atoms with Crippen molar-refractivity contribution in [1.82, 2.24) is 5.32 Å². The molecule has 1 aromatic rings. The van der Waals surface area contributed by atoms with Gasteiger partial charge in [-0.3, -0.25) is 19.2 Å². The third-order valence-corrected chi connectivity index (χ3v) is 3.10. The molecule has 0 bridgehead atoms. The molecule has 0 aliphatic heterocycles. The van der Waals surface area contributed by atoms with E-state index in [0.717, 1.165) is 0 Å². The lowest BCUT2D eigenvalue weighted by atomic mass is 10.0. The van der Waals surface area contributed by atoms with Crippen molar-refractivity contribution in [2.24, 2.45) is 0 Å². The maximum atomic E-state index is 11.9. The maximum Gasteiger partial charge on any atom is 0.307 e. The number of hydrogen-bond acceptors (Lipinski definition) is 6. The molecule has 0 heterocycles. The van der Waals surface area contributed by atoms with Crippen LogP contribution in [0.1, 0.15) is 40.0 Å². The highest BCUT2D eigenvalue weighted by molar-refractivity contribution is 5.99. The van der Waals surface area contributed by atoms with Crippen LogP contribution in [-0.2, 0) is 19.1 Å². The van der Waals surface area contributed by atoms with Gasteiger partial charge < -0.3 is 14.8 Å². The average molecular weight is 321 g/mol. The predicted octanol–water partition coefficient (Wildman–Crippen LogP) is 1.12. The van der Waals surface area contributed by atoms with Crippen LogP contribution in [0.15, 0.2) is 24.3 Å². The van der Waals surface area contributed by atoms with E-state index in [1.165, 1.54) is 38.5 Å². The molecule has 1 amide bonds. The number of ketones is 1. The largest absolute Gasteiger partial charge is 0.469 e. The number of Topliss-reactive ketones (excluding diaryl/α,β-unsaturated/α-hetero) is 1. The Labute approximate surface area is 134 Å². The fraction of sp³-hybridized carbons (Fsp3) is 0.375. The van der Waals surface area contributed by atoms with Gasteiger partial charge in [0, 0.05) is 24.1 Å². The number of esters is 2. The van der Waals surface area contributed by atoms with Gasteiger partial charge in [-0.05, 0) is 12.1 Å². The van der Waals surface area contributed by atoms with Crippen molar-refractivity contribution >= 4 is 23.6 Å². The second kappa shape index (κ2) is 9.34. The molecule has 0 aliphatic carbocycles. The number of carbonyl (C=O) groups is 4. The van der Waals surface area contributed by atoms with E-state index in [2.05, 4.69) is 14.8 Å². The first-order chi connectivity index (χ1) is 11.0. The Hall–Kier alpha value is -2.70. The van der Waals surface area contributed by atoms with Crippen LogP contribution in [0.25, 0.3) is 0 Å². The summed E-state index contributed by atoms with van der Waals surface area (Å²) in [5.41, 5.74) is 0.791. The summed E-state index contributed by atoms with van der Waals surface area (Å²) in [6.45, 7) is 0.172. The molecule has 23 heavy (non-hydrogen) atoms. The molecule has 0 saturated heterocycles. The fourth-order valence-corrected chi connectivity index (χ4v) is 1.75. The van der Waals surface area contributed by atoms with Gasteiger partial charge in [-0.15, -0.1) is 0 Å². The van der Waals surface area contributed by atoms with Crippen LogP contribution >= 0.6 is 0 Å². The van der Waals surface area contributed by atoms with Crippen LogP contribution in [-0.4, -0.2) is 44.4 Å². The van der Waals surface area contributed by atoms with Crippen molar-refractivity contribution < 1.29 is 28.7 Å². The highest BCUT2D eigenvalue weighted by Crippen LogP contribution is 2.09. The van der Waals surface area contributed by atoms with Gasteiger partial charge in [-0.2, -0.15) is 0 Å². The summed E-state index contributed by atoms with van der Waals surface area (Å²) in [5, 5.41) is 2.57. The average Bonchev–Trinajstić information content (AvgIpc) is 2.58. The standard InChI is InChI=1S/C16H19NO6/c1-22-14(19)8-7-13(18)11-3-5-12(6-4-11)16(21)17-10-9-15(20)23-2/h3-6H,7-10H2,1-2H3,(H,17,21). The topological polar surface area (TPSA) is 98.8 Å². The zero-order valence-electron chi connectivity index (χ0n) is 13.1. The molecule has 0 radical (unpaired) electrons. The molecule has 0 unspecified atom stereocenters. The first-order valence-corrected chi connectivity index (χ1v) is 7.03. The summed E-state index contributed by atoms with van der Waals surface area (Å²) in [6.07, 6.45) is 0.161. The molecule has 1 aromatic carbocycles. The Kier molecular flexibility index (Phi) is 7.45. The van der Waals surface area contributed by atoms with E-state index in [4.69, 9.17) is 0 Å². The van der Waals surface area contributed by atoms with Gasteiger partial charge in [0.15, 0.2) is 5.78 Å². The molecule has 0 aromatic heterocycles. The van der Waals surface area contributed by atoms with Gasteiger partial charge in [-0.25, -0.2) is 0 Å². The zero-order valence-corrected chi connectivity index (χ0v) is 13.1. The van der Waals surface area contributed by atoms with Crippen LogP contribution in [0.5, 0.6) is 0 Å². The van der Waals surface area contributed by atoms with Gasteiger partial charge in [0.2, 0.25) is 0 Å². The Morgan fingerprint density at radius 1 is 0.826 bits per heavy atom. The molecule has 0 fully saturated rings. The minimum atomic E-state index is -0.444. The van der Waals surface area contributed by atoms with Crippen LogP contribution in [0.4, 0.5) is 0 Å². The van der Waals surface area contributed by atoms with E-state index in [0.29, 0.717) is 11.1 Å². The third-order valence-electron chi connectivity index (χ3n) is 3.10. The summed E-state index contributed by atoms with van der Waals surface area (Å²) >= 11 is 0. The molecule has 7 nitrogen and oxygen atoms in total. The monoisotopic (exact) mass is 321 g/mol. The molecule has 7 heteroatoms. The quantitative estimate of drug-likeness (QED) is 0.569. The number of carbonyl (C=O) groups excluding carboxylic acids is 4.